The highest BCUT2D eigenvalue weighted by Crippen LogP contribution is 2.44. The molecule has 2 amide bonds. The van der Waals surface area contributed by atoms with Crippen molar-refractivity contribution in [3.63, 3.8) is 0 Å². The number of hydrogen-bond donors (Lipinski definition) is 3. The van der Waals surface area contributed by atoms with Crippen LogP contribution in [0.15, 0.2) is 28.7 Å². The summed E-state index contributed by atoms with van der Waals surface area (Å²) in [7, 11) is 0. The van der Waals surface area contributed by atoms with E-state index in [1.165, 1.54) is 16.2 Å². The van der Waals surface area contributed by atoms with Crippen LogP contribution in [0.5, 0.6) is 0 Å². The van der Waals surface area contributed by atoms with E-state index < -0.39 is 0 Å². The predicted molar refractivity (Wildman–Crippen MR) is 121 cm³/mol. The van der Waals surface area contributed by atoms with Crippen LogP contribution in [0.4, 0.5) is 5.00 Å². The van der Waals surface area contributed by atoms with Crippen LogP contribution in [-0.4, -0.2) is 30.1 Å². The number of aliphatic hydroxyl groups excluding tert-OH is 1. The molecule has 0 spiro atoms. The van der Waals surface area contributed by atoms with Crippen LogP contribution in [0.3, 0.4) is 0 Å². The van der Waals surface area contributed by atoms with Gasteiger partial charge in [0.15, 0.2) is 0 Å². The summed E-state index contributed by atoms with van der Waals surface area (Å²) < 4.78 is 0.901. The van der Waals surface area contributed by atoms with Gasteiger partial charge >= 0.3 is 0 Å². The Morgan fingerprint density at radius 3 is 2.52 bits per heavy atom. The van der Waals surface area contributed by atoms with Gasteiger partial charge in [-0.15, -0.1) is 11.3 Å². The fraction of sp³-hybridized carbons (Fsp3) is 0.455. The summed E-state index contributed by atoms with van der Waals surface area (Å²) in [4.78, 5) is 26.8. The molecule has 29 heavy (non-hydrogen) atoms. The van der Waals surface area contributed by atoms with Crippen LogP contribution in [-0.2, 0) is 12.8 Å². The van der Waals surface area contributed by atoms with Crippen molar-refractivity contribution in [3.05, 3.63) is 50.3 Å². The number of thiophene rings is 1. The summed E-state index contributed by atoms with van der Waals surface area (Å²) in [5.41, 5.74) is 2.32. The molecule has 3 rings (SSSR count). The van der Waals surface area contributed by atoms with Gasteiger partial charge in [0, 0.05) is 21.5 Å². The summed E-state index contributed by atoms with van der Waals surface area (Å²) in [6, 6.07) is 7.12. The maximum Gasteiger partial charge on any atom is 0.256 e. The van der Waals surface area contributed by atoms with Gasteiger partial charge in [-0.3, -0.25) is 9.59 Å². The molecule has 0 saturated carbocycles. The van der Waals surface area contributed by atoms with Crippen molar-refractivity contribution < 1.29 is 14.7 Å². The Balaban J connectivity index is 1.92. The number of hydrogen-bond acceptors (Lipinski definition) is 4. The Bertz CT molecular complexity index is 900. The minimum atomic E-state index is -0.239. The molecule has 0 saturated heterocycles. The number of carbonyl (C=O) groups is 2. The highest BCUT2D eigenvalue weighted by atomic mass is 79.9. The topological polar surface area (TPSA) is 78.4 Å². The van der Waals surface area contributed by atoms with Crippen LogP contribution in [0.25, 0.3) is 0 Å². The molecular weight excluding hydrogens is 452 g/mol. The average Bonchev–Trinajstić information content (AvgIpc) is 3.02. The fourth-order valence-electron chi connectivity index (χ4n) is 3.69. The summed E-state index contributed by atoms with van der Waals surface area (Å²) in [6.45, 7) is 6.82. The summed E-state index contributed by atoms with van der Waals surface area (Å²) in [6.07, 6.45) is 2.76. The third-order valence-corrected chi connectivity index (χ3v) is 7.15. The number of aliphatic hydroxyl groups is 1. The molecule has 0 bridgehead atoms. The van der Waals surface area contributed by atoms with E-state index in [1.54, 1.807) is 12.1 Å². The summed E-state index contributed by atoms with van der Waals surface area (Å²) in [5, 5.41) is 15.4. The number of rotatable bonds is 5. The molecule has 5 nitrogen and oxygen atoms in total. The molecule has 1 aromatic heterocycles. The molecule has 1 aromatic carbocycles. The van der Waals surface area contributed by atoms with Gasteiger partial charge in [-0.1, -0.05) is 36.7 Å². The molecular formula is C22H27BrN2O3S. The predicted octanol–water partition coefficient (Wildman–Crippen LogP) is 4.64. The van der Waals surface area contributed by atoms with E-state index in [0.717, 1.165) is 29.3 Å². The van der Waals surface area contributed by atoms with E-state index in [0.29, 0.717) is 22.0 Å². The zero-order valence-electron chi connectivity index (χ0n) is 17.0. The standard InChI is InChI=1S/C22H27BrN2O3S/c1-22(2,3)14-6-9-16-17(12-14)29-21(18(16)20(28)24-10-11-26)25-19(27)13-4-7-15(23)8-5-13/h4-5,7-8,14,26H,6,9-12H2,1-3H3,(H,24,28)(H,25,27). The van der Waals surface area contributed by atoms with Crippen molar-refractivity contribution in [1.29, 1.82) is 0 Å². The van der Waals surface area contributed by atoms with Crippen molar-refractivity contribution in [3.8, 4) is 0 Å². The second-order valence-electron chi connectivity index (χ2n) is 8.45. The normalized spacial score (nSPS) is 16.2. The van der Waals surface area contributed by atoms with Crippen molar-refractivity contribution in [2.24, 2.45) is 11.3 Å². The van der Waals surface area contributed by atoms with Crippen molar-refractivity contribution in [2.75, 3.05) is 18.5 Å². The first-order chi connectivity index (χ1) is 13.7. The van der Waals surface area contributed by atoms with Gasteiger partial charge in [0.2, 0.25) is 0 Å². The molecule has 0 radical (unpaired) electrons. The lowest BCUT2D eigenvalue weighted by Gasteiger charge is -2.33. The number of nitrogens with one attached hydrogen (secondary N) is 2. The number of benzene rings is 1. The highest BCUT2D eigenvalue weighted by Gasteiger charge is 2.34. The molecule has 156 valence electrons. The Morgan fingerprint density at radius 2 is 1.90 bits per heavy atom. The molecule has 0 aliphatic heterocycles. The zero-order valence-corrected chi connectivity index (χ0v) is 19.4. The highest BCUT2D eigenvalue weighted by molar-refractivity contribution is 9.10. The van der Waals surface area contributed by atoms with Crippen LogP contribution < -0.4 is 10.6 Å². The maximum absolute atomic E-state index is 12.8. The Morgan fingerprint density at radius 1 is 1.21 bits per heavy atom. The zero-order chi connectivity index (χ0) is 21.2. The smallest absolute Gasteiger partial charge is 0.256 e. The van der Waals surface area contributed by atoms with Gasteiger partial charge in [-0.2, -0.15) is 0 Å². The molecule has 2 aromatic rings. The average molecular weight is 479 g/mol. The lowest BCUT2D eigenvalue weighted by atomic mass is 9.72. The monoisotopic (exact) mass is 478 g/mol. The van der Waals surface area contributed by atoms with Gasteiger partial charge < -0.3 is 15.7 Å². The Kier molecular flexibility index (Phi) is 6.81. The van der Waals surface area contributed by atoms with Crippen molar-refractivity contribution in [1.82, 2.24) is 5.32 Å². The van der Waals surface area contributed by atoms with Crippen molar-refractivity contribution >= 4 is 44.1 Å². The van der Waals surface area contributed by atoms with E-state index in [-0.39, 0.29) is 30.4 Å². The summed E-state index contributed by atoms with van der Waals surface area (Å²) >= 11 is 4.88. The van der Waals surface area contributed by atoms with Gasteiger partial charge in [-0.25, -0.2) is 0 Å². The SMILES string of the molecule is CC(C)(C)C1CCc2c(sc(NC(=O)c3ccc(Br)cc3)c2C(=O)NCCO)C1. The van der Waals surface area contributed by atoms with E-state index >= 15 is 0 Å². The van der Waals surface area contributed by atoms with Gasteiger partial charge in [0.25, 0.3) is 11.8 Å². The third kappa shape index (κ3) is 5.08. The van der Waals surface area contributed by atoms with E-state index in [9.17, 15) is 9.59 Å². The molecule has 1 aliphatic carbocycles. The van der Waals surface area contributed by atoms with Crippen molar-refractivity contribution in [2.45, 2.75) is 40.0 Å². The van der Waals surface area contributed by atoms with Gasteiger partial charge in [0.05, 0.1) is 12.2 Å². The number of carbonyl (C=O) groups excluding carboxylic acids is 2. The van der Waals surface area contributed by atoms with Crippen LogP contribution in [0.1, 0.15) is 58.3 Å². The van der Waals surface area contributed by atoms with Gasteiger partial charge in [-0.05, 0) is 60.4 Å². The fourth-order valence-corrected chi connectivity index (χ4v) is 5.27. The van der Waals surface area contributed by atoms with Crippen LogP contribution in [0.2, 0.25) is 0 Å². The molecule has 0 fully saturated rings. The minimum Gasteiger partial charge on any atom is -0.395 e. The molecule has 1 heterocycles. The summed E-state index contributed by atoms with van der Waals surface area (Å²) in [5.74, 6) is 0.0635. The van der Waals surface area contributed by atoms with E-state index in [1.807, 2.05) is 12.1 Å². The van der Waals surface area contributed by atoms with E-state index in [4.69, 9.17) is 5.11 Å². The molecule has 1 unspecified atom stereocenters. The lowest BCUT2D eigenvalue weighted by molar-refractivity contribution is 0.0944. The first-order valence-electron chi connectivity index (χ1n) is 9.81. The largest absolute Gasteiger partial charge is 0.395 e. The molecule has 7 heteroatoms. The lowest BCUT2D eigenvalue weighted by Crippen LogP contribution is -2.30. The molecule has 1 aliphatic rings. The first-order valence-corrected chi connectivity index (χ1v) is 11.4. The van der Waals surface area contributed by atoms with Crippen LogP contribution in [0, 0.1) is 11.3 Å². The molecule has 3 N–H and O–H groups in total. The first kappa shape index (κ1) is 22.0. The third-order valence-electron chi connectivity index (χ3n) is 5.45. The minimum absolute atomic E-state index is 0.120. The molecule has 1 atom stereocenters. The quantitative estimate of drug-likeness (QED) is 0.585. The van der Waals surface area contributed by atoms with Gasteiger partial charge in [0.1, 0.15) is 5.00 Å². The Hall–Kier alpha value is -1.70. The number of fused-ring (bicyclic) bond motifs is 1. The number of halogens is 1. The Labute approximate surface area is 184 Å². The van der Waals surface area contributed by atoms with E-state index in [2.05, 4.69) is 47.3 Å². The van der Waals surface area contributed by atoms with Crippen LogP contribution >= 0.6 is 27.3 Å². The number of anilines is 1. The second-order valence-corrected chi connectivity index (χ2v) is 10.5. The maximum atomic E-state index is 12.8. The number of amides is 2. The second kappa shape index (κ2) is 8.98.